The minimum Gasteiger partial charge on any atom is -0.271 e. The van der Waals surface area contributed by atoms with Crippen LogP contribution in [-0.4, -0.2) is 4.98 Å². The summed E-state index contributed by atoms with van der Waals surface area (Å²) >= 11 is 0. The van der Waals surface area contributed by atoms with Crippen LogP contribution >= 0.6 is 0 Å². The average Bonchev–Trinajstić information content (AvgIpc) is 3.04. The van der Waals surface area contributed by atoms with Gasteiger partial charge in [-0.3, -0.25) is 16.3 Å². The van der Waals surface area contributed by atoms with Gasteiger partial charge in [-0.1, -0.05) is 13.0 Å². The summed E-state index contributed by atoms with van der Waals surface area (Å²) in [6.45, 7) is 2.15. The van der Waals surface area contributed by atoms with Crippen LogP contribution < -0.4 is 11.3 Å². The summed E-state index contributed by atoms with van der Waals surface area (Å²) in [5, 5.41) is 0. The molecular weight excluding hydrogens is 174 g/mol. The molecule has 1 aliphatic carbocycles. The maximum absolute atomic E-state index is 5.58. The Bertz CT molecular complexity index is 307. The quantitative estimate of drug-likeness (QED) is 0.561. The van der Waals surface area contributed by atoms with E-state index in [2.05, 4.69) is 23.4 Å². The zero-order chi connectivity index (χ0) is 9.97. The lowest BCUT2D eigenvalue weighted by Gasteiger charge is -2.17. The first-order chi connectivity index (χ1) is 6.86. The molecule has 1 atom stereocenters. The van der Waals surface area contributed by atoms with Crippen LogP contribution in [0.3, 0.4) is 0 Å². The van der Waals surface area contributed by atoms with Crippen molar-refractivity contribution in [3.63, 3.8) is 0 Å². The fourth-order valence-electron chi connectivity index (χ4n) is 1.90. The number of nitrogens with zero attached hydrogens (tertiary/aromatic N) is 1. The summed E-state index contributed by atoms with van der Waals surface area (Å²) in [5.74, 6) is 6.27. The van der Waals surface area contributed by atoms with Crippen molar-refractivity contribution in [3.05, 3.63) is 29.6 Å². The number of nitrogens with one attached hydrogen (secondary N) is 1. The van der Waals surface area contributed by atoms with Crippen molar-refractivity contribution in [1.29, 1.82) is 0 Å². The highest BCUT2D eigenvalue weighted by molar-refractivity contribution is 5.24. The first kappa shape index (κ1) is 9.62. The largest absolute Gasteiger partial charge is 0.271 e. The average molecular weight is 191 g/mol. The van der Waals surface area contributed by atoms with Crippen LogP contribution in [0.2, 0.25) is 0 Å². The summed E-state index contributed by atoms with van der Waals surface area (Å²) in [4.78, 5) is 4.44. The smallest absolute Gasteiger partial charge is 0.0663 e. The number of aryl methyl sites for hydroxylation is 1. The molecule has 0 aliphatic heterocycles. The fraction of sp³-hybridized carbons (Fsp3) is 0.545. The topological polar surface area (TPSA) is 50.9 Å². The monoisotopic (exact) mass is 191 g/mol. The summed E-state index contributed by atoms with van der Waals surface area (Å²) in [6, 6.07) is 4.38. The first-order valence-corrected chi connectivity index (χ1v) is 5.26. The lowest BCUT2D eigenvalue weighted by atomic mass is 10.0. The molecule has 2 rings (SSSR count). The van der Waals surface area contributed by atoms with E-state index in [9.17, 15) is 0 Å². The van der Waals surface area contributed by atoms with Crippen LogP contribution in [0, 0.1) is 5.92 Å². The minimum atomic E-state index is 0.256. The van der Waals surface area contributed by atoms with Crippen molar-refractivity contribution >= 4 is 0 Å². The molecule has 1 heterocycles. The summed E-state index contributed by atoms with van der Waals surface area (Å²) in [5.41, 5.74) is 5.34. The molecule has 3 heteroatoms. The van der Waals surface area contributed by atoms with Gasteiger partial charge < -0.3 is 0 Å². The highest BCUT2D eigenvalue weighted by Gasteiger charge is 2.33. The molecule has 76 valence electrons. The molecule has 1 unspecified atom stereocenters. The standard InChI is InChI=1S/C11H17N3/c1-2-8-4-3-7-13-10(8)11(14-12)9-5-6-9/h3-4,7,9,11,14H,2,5-6,12H2,1H3. The lowest BCUT2D eigenvalue weighted by Crippen LogP contribution is -2.30. The molecule has 1 aliphatic rings. The number of nitrogens with two attached hydrogens (primary N) is 1. The maximum Gasteiger partial charge on any atom is 0.0663 e. The second-order valence-electron chi connectivity index (χ2n) is 3.88. The Labute approximate surface area is 84.7 Å². The van der Waals surface area contributed by atoms with E-state index < -0.39 is 0 Å². The van der Waals surface area contributed by atoms with E-state index in [0.29, 0.717) is 5.92 Å². The molecule has 1 saturated carbocycles. The molecule has 0 aromatic carbocycles. The Balaban J connectivity index is 2.27. The molecule has 1 fully saturated rings. The Kier molecular flexibility index (Phi) is 2.79. The van der Waals surface area contributed by atoms with Crippen LogP contribution in [0.1, 0.15) is 37.1 Å². The van der Waals surface area contributed by atoms with E-state index in [0.717, 1.165) is 12.1 Å². The van der Waals surface area contributed by atoms with E-state index in [-0.39, 0.29) is 6.04 Å². The molecule has 3 nitrogen and oxygen atoms in total. The third-order valence-corrected chi connectivity index (χ3v) is 2.87. The predicted octanol–water partition coefficient (Wildman–Crippen LogP) is 1.56. The van der Waals surface area contributed by atoms with Crippen molar-refractivity contribution < 1.29 is 0 Å². The minimum absolute atomic E-state index is 0.256. The van der Waals surface area contributed by atoms with Gasteiger partial charge in [-0.05, 0) is 36.8 Å². The molecule has 1 aromatic heterocycles. The van der Waals surface area contributed by atoms with Crippen LogP contribution in [0.25, 0.3) is 0 Å². The van der Waals surface area contributed by atoms with Gasteiger partial charge in [-0.15, -0.1) is 0 Å². The van der Waals surface area contributed by atoms with E-state index >= 15 is 0 Å². The van der Waals surface area contributed by atoms with Gasteiger partial charge in [-0.25, -0.2) is 0 Å². The van der Waals surface area contributed by atoms with Crippen molar-refractivity contribution in [2.75, 3.05) is 0 Å². The third kappa shape index (κ3) is 1.79. The predicted molar refractivity (Wildman–Crippen MR) is 56.4 cm³/mol. The second-order valence-corrected chi connectivity index (χ2v) is 3.88. The van der Waals surface area contributed by atoms with Crippen LogP contribution in [0.5, 0.6) is 0 Å². The van der Waals surface area contributed by atoms with Gasteiger partial charge in [0.25, 0.3) is 0 Å². The maximum atomic E-state index is 5.58. The van der Waals surface area contributed by atoms with Gasteiger partial charge in [0.15, 0.2) is 0 Å². The Morgan fingerprint density at radius 3 is 3.00 bits per heavy atom. The zero-order valence-electron chi connectivity index (χ0n) is 8.53. The molecular formula is C11H17N3. The SMILES string of the molecule is CCc1cccnc1C(NN)C1CC1. The van der Waals surface area contributed by atoms with E-state index in [1.807, 2.05) is 12.3 Å². The number of rotatable bonds is 4. The molecule has 0 radical (unpaired) electrons. The number of hydrazine groups is 1. The Hall–Kier alpha value is -0.930. The lowest BCUT2D eigenvalue weighted by molar-refractivity contribution is 0.481. The molecule has 14 heavy (non-hydrogen) atoms. The van der Waals surface area contributed by atoms with Gasteiger partial charge in [0.05, 0.1) is 11.7 Å². The van der Waals surface area contributed by atoms with Gasteiger partial charge in [0, 0.05) is 6.20 Å². The summed E-state index contributed by atoms with van der Waals surface area (Å²) in [6.07, 6.45) is 5.42. The van der Waals surface area contributed by atoms with Gasteiger partial charge in [-0.2, -0.15) is 0 Å². The molecule has 0 bridgehead atoms. The van der Waals surface area contributed by atoms with E-state index in [4.69, 9.17) is 5.84 Å². The van der Waals surface area contributed by atoms with Crippen LogP contribution in [0.15, 0.2) is 18.3 Å². The molecule has 0 saturated heterocycles. The highest BCUT2D eigenvalue weighted by Crippen LogP contribution is 2.40. The number of hydrogen-bond donors (Lipinski definition) is 2. The second kappa shape index (κ2) is 4.07. The van der Waals surface area contributed by atoms with E-state index in [1.165, 1.54) is 18.4 Å². The fourth-order valence-corrected chi connectivity index (χ4v) is 1.90. The Morgan fingerprint density at radius 2 is 2.43 bits per heavy atom. The third-order valence-electron chi connectivity index (χ3n) is 2.87. The number of hydrogen-bond acceptors (Lipinski definition) is 3. The first-order valence-electron chi connectivity index (χ1n) is 5.26. The molecule has 1 aromatic rings. The Morgan fingerprint density at radius 1 is 1.64 bits per heavy atom. The highest BCUT2D eigenvalue weighted by atomic mass is 15.2. The van der Waals surface area contributed by atoms with Gasteiger partial charge in [0.1, 0.15) is 0 Å². The number of pyridine rings is 1. The van der Waals surface area contributed by atoms with Crippen molar-refractivity contribution in [2.24, 2.45) is 11.8 Å². The van der Waals surface area contributed by atoms with E-state index in [1.54, 1.807) is 0 Å². The summed E-state index contributed by atoms with van der Waals surface area (Å²) < 4.78 is 0. The zero-order valence-corrected chi connectivity index (χ0v) is 8.53. The van der Waals surface area contributed by atoms with Gasteiger partial charge in [0.2, 0.25) is 0 Å². The molecule has 3 N–H and O–H groups in total. The van der Waals surface area contributed by atoms with Crippen molar-refractivity contribution in [3.8, 4) is 0 Å². The number of aromatic nitrogens is 1. The van der Waals surface area contributed by atoms with Crippen LogP contribution in [-0.2, 0) is 6.42 Å². The van der Waals surface area contributed by atoms with Crippen molar-refractivity contribution in [2.45, 2.75) is 32.2 Å². The summed E-state index contributed by atoms with van der Waals surface area (Å²) in [7, 11) is 0. The van der Waals surface area contributed by atoms with Crippen molar-refractivity contribution in [1.82, 2.24) is 10.4 Å². The molecule has 0 amide bonds. The van der Waals surface area contributed by atoms with Crippen LogP contribution in [0.4, 0.5) is 0 Å². The molecule has 0 spiro atoms. The van der Waals surface area contributed by atoms with Gasteiger partial charge >= 0.3 is 0 Å². The normalized spacial score (nSPS) is 18.1.